The number of rotatable bonds is 6. The van der Waals surface area contributed by atoms with Gasteiger partial charge in [0.25, 0.3) is 0 Å². The number of hydrogen-bond acceptors (Lipinski definition) is 5. The summed E-state index contributed by atoms with van der Waals surface area (Å²) >= 11 is 0. The minimum Gasteiger partial charge on any atom is -0.388 e. The molecule has 1 aliphatic heterocycles. The molecule has 1 N–H and O–H groups in total. The Morgan fingerprint density at radius 2 is 2.33 bits per heavy atom. The number of amides is 1. The quantitative estimate of drug-likeness (QED) is 0.807. The highest BCUT2D eigenvalue weighted by Crippen LogP contribution is 2.14. The van der Waals surface area contributed by atoms with E-state index in [0.717, 1.165) is 5.56 Å². The fourth-order valence-corrected chi connectivity index (χ4v) is 2.61. The standard InChI is InChI=1S/C15H23N3O3/c1-3-18(13-10-21-11-14(13)19)15(20)9-17(2)8-12-5-4-6-16-7-12/h4-7,13-14,19H,3,8-11H2,1-2H3/t13-,14-/m1/s1. The van der Waals surface area contributed by atoms with E-state index in [1.807, 2.05) is 31.0 Å². The Morgan fingerprint density at radius 1 is 1.52 bits per heavy atom. The molecule has 0 aromatic carbocycles. The molecule has 0 aliphatic carbocycles. The van der Waals surface area contributed by atoms with Gasteiger partial charge in [0.2, 0.25) is 5.91 Å². The summed E-state index contributed by atoms with van der Waals surface area (Å²) in [6.07, 6.45) is 2.94. The van der Waals surface area contributed by atoms with Crippen LogP contribution in [0.25, 0.3) is 0 Å². The second-order valence-corrected chi connectivity index (χ2v) is 5.39. The predicted octanol–water partition coefficient (Wildman–Crippen LogP) is 0.122. The van der Waals surface area contributed by atoms with E-state index in [-0.39, 0.29) is 11.9 Å². The van der Waals surface area contributed by atoms with Crippen molar-refractivity contribution in [3.05, 3.63) is 30.1 Å². The van der Waals surface area contributed by atoms with Gasteiger partial charge in [-0.25, -0.2) is 0 Å². The minimum atomic E-state index is -0.586. The van der Waals surface area contributed by atoms with Crippen molar-refractivity contribution in [3.63, 3.8) is 0 Å². The highest BCUT2D eigenvalue weighted by Gasteiger charge is 2.33. The second-order valence-electron chi connectivity index (χ2n) is 5.39. The van der Waals surface area contributed by atoms with Crippen molar-refractivity contribution in [2.45, 2.75) is 25.6 Å². The zero-order valence-corrected chi connectivity index (χ0v) is 12.6. The molecule has 0 bridgehead atoms. The molecule has 2 atom stereocenters. The molecular weight excluding hydrogens is 270 g/mol. The Kier molecular flexibility index (Phi) is 5.67. The maximum absolute atomic E-state index is 12.4. The molecule has 1 fully saturated rings. The summed E-state index contributed by atoms with van der Waals surface area (Å²) in [7, 11) is 1.90. The molecule has 0 radical (unpaired) electrons. The highest BCUT2D eigenvalue weighted by molar-refractivity contribution is 5.78. The van der Waals surface area contributed by atoms with Crippen LogP contribution < -0.4 is 0 Å². The number of hydrogen-bond donors (Lipinski definition) is 1. The third-order valence-electron chi connectivity index (χ3n) is 3.66. The van der Waals surface area contributed by atoms with Crippen molar-refractivity contribution in [1.82, 2.24) is 14.8 Å². The summed E-state index contributed by atoms with van der Waals surface area (Å²) in [5, 5.41) is 9.87. The van der Waals surface area contributed by atoms with Crippen LogP contribution in [0.5, 0.6) is 0 Å². The first kappa shape index (κ1) is 15.9. The van der Waals surface area contributed by atoms with Crippen LogP contribution in [0.2, 0.25) is 0 Å². The SMILES string of the molecule is CCN(C(=O)CN(C)Cc1cccnc1)[C@@H]1COC[C@H]1O. The van der Waals surface area contributed by atoms with Gasteiger partial charge in [0.05, 0.1) is 31.9 Å². The molecule has 6 heteroatoms. The van der Waals surface area contributed by atoms with Gasteiger partial charge in [-0.1, -0.05) is 6.07 Å². The third-order valence-corrected chi connectivity index (χ3v) is 3.66. The molecule has 0 saturated carbocycles. The van der Waals surface area contributed by atoms with Crippen LogP contribution in [0.3, 0.4) is 0 Å². The second kappa shape index (κ2) is 7.49. The Balaban J connectivity index is 1.89. The van der Waals surface area contributed by atoms with Gasteiger partial charge in [0, 0.05) is 25.5 Å². The van der Waals surface area contributed by atoms with Gasteiger partial charge in [-0.2, -0.15) is 0 Å². The van der Waals surface area contributed by atoms with Crippen LogP contribution in [-0.4, -0.2) is 71.3 Å². The lowest BCUT2D eigenvalue weighted by atomic mass is 10.1. The molecule has 116 valence electrons. The van der Waals surface area contributed by atoms with Gasteiger partial charge in [0.1, 0.15) is 0 Å². The van der Waals surface area contributed by atoms with E-state index in [0.29, 0.717) is 32.8 Å². The summed E-state index contributed by atoms with van der Waals surface area (Å²) in [6.45, 7) is 4.19. The fourth-order valence-electron chi connectivity index (χ4n) is 2.61. The molecule has 6 nitrogen and oxygen atoms in total. The molecule has 2 rings (SSSR count). The first-order chi connectivity index (χ1) is 10.1. The lowest BCUT2D eigenvalue weighted by molar-refractivity contribution is -0.136. The molecule has 2 heterocycles. The zero-order chi connectivity index (χ0) is 15.2. The van der Waals surface area contributed by atoms with Gasteiger partial charge < -0.3 is 14.7 Å². The molecule has 0 unspecified atom stereocenters. The van der Waals surface area contributed by atoms with Crippen molar-refractivity contribution in [2.75, 3.05) is 33.4 Å². The van der Waals surface area contributed by atoms with Gasteiger partial charge in [-0.15, -0.1) is 0 Å². The van der Waals surface area contributed by atoms with Crippen LogP contribution in [0, 0.1) is 0 Å². The Hall–Kier alpha value is -1.50. The maximum atomic E-state index is 12.4. The number of ether oxygens (including phenoxy) is 1. The van der Waals surface area contributed by atoms with Crippen molar-refractivity contribution in [2.24, 2.45) is 0 Å². The Morgan fingerprint density at radius 3 is 2.90 bits per heavy atom. The van der Waals surface area contributed by atoms with Crippen molar-refractivity contribution in [1.29, 1.82) is 0 Å². The number of carbonyl (C=O) groups is 1. The Labute approximate surface area is 125 Å². The summed E-state index contributed by atoms with van der Waals surface area (Å²) in [6, 6.07) is 3.64. The molecule has 1 saturated heterocycles. The fraction of sp³-hybridized carbons (Fsp3) is 0.600. The molecule has 0 spiro atoms. The number of aliphatic hydroxyl groups excluding tert-OH is 1. The first-order valence-corrected chi connectivity index (χ1v) is 7.24. The van der Waals surface area contributed by atoms with Gasteiger partial charge in [-0.05, 0) is 25.6 Å². The molecular formula is C15H23N3O3. The number of carbonyl (C=O) groups excluding carboxylic acids is 1. The summed E-state index contributed by atoms with van der Waals surface area (Å²) in [5.74, 6) is 0.0124. The van der Waals surface area contributed by atoms with Crippen LogP contribution in [0.4, 0.5) is 0 Å². The lowest BCUT2D eigenvalue weighted by Crippen LogP contribution is -2.49. The van der Waals surface area contributed by atoms with Crippen LogP contribution in [-0.2, 0) is 16.1 Å². The smallest absolute Gasteiger partial charge is 0.237 e. The Bertz CT molecular complexity index is 455. The zero-order valence-electron chi connectivity index (χ0n) is 12.6. The molecule has 1 aliphatic rings. The number of likely N-dealkylation sites (N-methyl/N-ethyl adjacent to an activating group) is 2. The minimum absolute atomic E-state index is 0.0124. The normalized spacial score (nSPS) is 21.7. The average Bonchev–Trinajstić information content (AvgIpc) is 2.87. The van der Waals surface area contributed by atoms with E-state index in [9.17, 15) is 9.90 Å². The molecule has 1 aromatic rings. The van der Waals surface area contributed by atoms with Gasteiger partial charge in [0.15, 0.2) is 0 Å². The van der Waals surface area contributed by atoms with E-state index >= 15 is 0 Å². The summed E-state index contributed by atoms with van der Waals surface area (Å²) in [5.41, 5.74) is 1.07. The summed E-state index contributed by atoms with van der Waals surface area (Å²) in [4.78, 5) is 20.1. The predicted molar refractivity (Wildman–Crippen MR) is 78.6 cm³/mol. The molecule has 21 heavy (non-hydrogen) atoms. The number of pyridine rings is 1. The number of aliphatic hydroxyl groups is 1. The monoisotopic (exact) mass is 293 g/mol. The average molecular weight is 293 g/mol. The van der Waals surface area contributed by atoms with Crippen molar-refractivity contribution >= 4 is 5.91 Å². The highest BCUT2D eigenvalue weighted by atomic mass is 16.5. The van der Waals surface area contributed by atoms with E-state index in [2.05, 4.69) is 4.98 Å². The topological polar surface area (TPSA) is 65.9 Å². The largest absolute Gasteiger partial charge is 0.388 e. The molecule has 1 amide bonds. The van der Waals surface area contributed by atoms with E-state index in [4.69, 9.17) is 4.74 Å². The van der Waals surface area contributed by atoms with Crippen molar-refractivity contribution in [3.8, 4) is 0 Å². The van der Waals surface area contributed by atoms with Crippen molar-refractivity contribution < 1.29 is 14.6 Å². The number of nitrogens with zero attached hydrogens (tertiary/aromatic N) is 3. The maximum Gasteiger partial charge on any atom is 0.237 e. The molecule has 1 aromatic heterocycles. The number of aromatic nitrogens is 1. The van der Waals surface area contributed by atoms with E-state index in [1.165, 1.54) is 0 Å². The third kappa shape index (κ3) is 4.23. The lowest BCUT2D eigenvalue weighted by Gasteiger charge is -2.30. The first-order valence-electron chi connectivity index (χ1n) is 7.24. The van der Waals surface area contributed by atoms with Crippen LogP contribution >= 0.6 is 0 Å². The van der Waals surface area contributed by atoms with Gasteiger partial charge >= 0.3 is 0 Å². The van der Waals surface area contributed by atoms with Crippen LogP contribution in [0.15, 0.2) is 24.5 Å². The van der Waals surface area contributed by atoms with E-state index in [1.54, 1.807) is 17.3 Å². The summed E-state index contributed by atoms with van der Waals surface area (Å²) < 4.78 is 5.24. The van der Waals surface area contributed by atoms with E-state index < -0.39 is 6.10 Å². The van der Waals surface area contributed by atoms with Crippen LogP contribution in [0.1, 0.15) is 12.5 Å². The van der Waals surface area contributed by atoms with Gasteiger partial charge in [-0.3, -0.25) is 14.7 Å².